The number of benzene rings is 1. The number of carbonyl (C=O) groups is 1. The molecule has 0 aliphatic rings. The molecule has 0 spiro atoms. The second-order valence-electron chi connectivity index (χ2n) is 6.64. The Morgan fingerprint density at radius 3 is 2.42 bits per heavy atom. The molecule has 10 heteroatoms. The van der Waals surface area contributed by atoms with Gasteiger partial charge in [0.15, 0.2) is 5.82 Å². The van der Waals surface area contributed by atoms with Crippen molar-refractivity contribution in [2.45, 2.75) is 26.3 Å². The van der Waals surface area contributed by atoms with Gasteiger partial charge in [0.1, 0.15) is 22.8 Å². The fourth-order valence-corrected chi connectivity index (χ4v) is 3.73. The summed E-state index contributed by atoms with van der Waals surface area (Å²) < 4.78 is 10.8. The van der Waals surface area contributed by atoms with E-state index in [9.17, 15) is 4.79 Å². The molecular weight excluding hydrogens is 441 g/mol. The Balaban J connectivity index is 2.21. The van der Waals surface area contributed by atoms with E-state index in [-0.39, 0.29) is 6.54 Å². The lowest BCUT2D eigenvalue weighted by molar-refractivity contribution is -0.109. The molecule has 0 saturated carbocycles. The van der Waals surface area contributed by atoms with Crippen LogP contribution in [0.25, 0.3) is 22.2 Å². The summed E-state index contributed by atoms with van der Waals surface area (Å²) in [6, 6.07) is 3.44. The van der Waals surface area contributed by atoms with Crippen LogP contribution >= 0.6 is 23.2 Å². The highest BCUT2D eigenvalue weighted by Gasteiger charge is 2.21. The topological polar surface area (TPSA) is 98.3 Å². The van der Waals surface area contributed by atoms with E-state index >= 15 is 0 Å². The van der Waals surface area contributed by atoms with E-state index in [4.69, 9.17) is 37.7 Å². The maximum atomic E-state index is 10.6. The number of nitrogens with one attached hydrogen (secondary N) is 2. The van der Waals surface area contributed by atoms with Crippen LogP contribution < -0.4 is 20.1 Å². The molecule has 1 aromatic carbocycles. The molecule has 0 aliphatic heterocycles. The lowest BCUT2D eigenvalue weighted by Gasteiger charge is -2.16. The lowest BCUT2D eigenvalue weighted by atomic mass is 10.1. The zero-order valence-electron chi connectivity index (χ0n) is 17.5. The van der Waals surface area contributed by atoms with Crippen LogP contribution in [-0.2, 0) is 11.3 Å². The summed E-state index contributed by atoms with van der Waals surface area (Å²) >= 11 is 13.2. The van der Waals surface area contributed by atoms with Gasteiger partial charge in [0.2, 0.25) is 6.41 Å². The number of ether oxygens (including phenoxy) is 2. The molecule has 164 valence electrons. The van der Waals surface area contributed by atoms with E-state index in [2.05, 4.69) is 27.5 Å². The fraction of sp³-hybridized carbons (Fsp3) is 0.333. The van der Waals surface area contributed by atoms with Gasteiger partial charge < -0.3 is 20.1 Å². The number of halogens is 2. The first-order chi connectivity index (χ1) is 15.0. The largest absolute Gasteiger partial charge is 0.495 e. The molecule has 31 heavy (non-hydrogen) atoms. The average Bonchev–Trinajstić information content (AvgIpc) is 2.78. The van der Waals surface area contributed by atoms with Crippen molar-refractivity contribution in [3.05, 3.63) is 34.2 Å². The number of hydrogen-bond donors (Lipinski definition) is 2. The Morgan fingerprint density at radius 2 is 1.81 bits per heavy atom. The molecule has 8 nitrogen and oxygen atoms in total. The Bertz CT molecular complexity index is 1070. The van der Waals surface area contributed by atoms with Gasteiger partial charge in [-0.2, -0.15) is 0 Å². The summed E-state index contributed by atoms with van der Waals surface area (Å²) in [6.45, 7) is 3.05. The number of rotatable bonds is 10. The third-order valence-corrected chi connectivity index (χ3v) is 5.36. The van der Waals surface area contributed by atoms with Gasteiger partial charge in [-0.1, -0.05) is 36.5 Å². The number of pyridine rings is 1. The number of nitrogens with zero attached hydrogens (tertiary/aromatic N) is 3. The summed E-state index contributed by atoms with van der Waals surface area (Å²) in [7, 11) is 3.04. The second-order valence-corrected chi connectivity index (χ2v) is 7.40. The zero-order chi connectivity index (χ0) is 22.4. The Morgan fingerprint density at radius 1 is 1.10 bits per heavy atom. The third kappa shape index (κ3) is 4.91. The van der Waals surface area contributed by atoms with E-state index in [1.807, 2.05) is 6.07 Å². The summed E-state index contributed by atoms with van der Waals surface area (Å²) in [6.07, 6.45) is 4.28. The van der Waals surface area contributed by atoms with Gasteiger partial charge in [0.05, 0.1) is 36.5 Å². The van der Waals surface area contributed by atoms with Crippen LogP contribution in [0.3, 0.4) is 0 Å². The van der Waals surface area contributed by atoms with Crippen LogP contribution in [0.1, 0.15) is 25.6 Å². The van der Waals surface area contributed by atoms with Crippen LogP contribution in [-0.4, -0.2) is 42.1 Å². The first-order valence-corrected chi connectivity index (χ1v) is 10.5. The van der Waals surface area contributed by atoms with Gasteiger partial charge in [-0.3, -0.25) is 4.79 Å². The molecule has 1 amide bonds. The number of anilines is 1. The highest BCUT2D eigenvalue weighted by Crippen LogP contribution is 2.46. The molecule has 2 heterocycles. The number of carbonyl (C=O) groups excluding carboxylic acids is 1. The molecule has 0 radical (unpaired) electrons. The first kappa shape index (κ1) is 22.8. The number of fused-ring (bicyclic) bond motifs is 1. The third-order valence-electron chi connectivity index (χ3n) is 4.61. The molecule has 2 N–H and O–H groups in total. The minimum absolute atomic E-state index is 0.223. The highest BCUT2D eigenvalue weighted by molar-refractivity contribution is 6.41. The SMILES string of the molecule is CCCCNc1nc(-c2c(Cl)c(OC)cc(OC)c2Cl)cc2cnc(CNC=O)nc12. The van der Waals surface area contributed by atoms with Crippen LogP contribution in [0.5, 0.6) is 11.5 Å². The minimum atomic E-state index is 0.223. The zero-order valence-corrected chi connectivity index (χ0v) is 19.0. The molecule has 3 rings (SSSR count). The quantitative estimate of drug-likeness (QED) is 0.337. The molecule has 0 aliphatic carbocycles. The van der Waals surface area contributed by atoms with Gasteiger partial charge in [-0.15, -0.1) is 0 Å². The van der Waals surface area contributed by atoms with E-state index in [0.29, 0.717) is 56.4 Å². The maximum absolute atomic E-state index is 10.6. The molecule has 0 bridgehead atoms. The summed E-state index contributed by atoms with van der Waals surface area (Å²) in [5.74, 6) is 1.90. The monoisotopic (exact) mass is 463 g/mol. The Hall–Kier alpha value is -2.84. The Labute approximate surface area is 190 Å². The van der Waals surface area contributed by atoms with Gasteiger partial charge in [0, 0.05) is 29.8 Å². The van der Waals surface area contributed by atoms with Crippen LogP contribution in [0.2, 0.25) is 10.0 Å². The predicted molar refractivity (Wildman–Crippen MR) is 122 cm³/mol. The van der Waals surface area contributed by atoms with Gasteiger partial charge >= 0.3 is 0 Å². The van der Waals surface area contributed by atoms with Crippen LogP contribution in [0, 0.1) is 0 Å². The van der Waals surface area contributed by atoms with Gasteiger partial charge in [0.25, 0.3) is 0 Å². The molecule has 0 unspecified atom stereocenters. The standard InChI is InChI=1S/C21H23Cl2N5O3/c1-4-5-6-25-21-20-12(9-26-16(28-20)10-24-11-29)7-13(27-21)17-18(22)14(30-2)8-15(31-3)19(17)23/h7-9,11H,4-6,10H2,1-3H3,(H,24,29)(H,25,27). The normalized spacial score (nSPS) is 10.7. The number of amides is 1. The van der Waals surface area contributed by atoms with Crippen LogP contribution in [0.15, 0.2) is 18.3 Å². The van der Waals surface area contributed by atoms with Crippen molar-refractivity contribution in [2.75, 3.05) is 26.1 Å². The average molecular weight is 464 g/mol. The molecule has 2 aromatic heterocycles. The predicted octanol–water partition coefficient (Wildman–Crippen LogP) is 4.47. The van der Waals surface area contributed by atoms with Gasteiger partial charge in [-0.05, 0) is 12.5 Å². The van der Waals surface area contributed by atoms with E-state index in [1.54, 1.807) is 12.3 Å². The summed E-state index contributed by atoms with van der Waals surface area (Å²) in [5, 5.41) is 7.30. The number of aromatic nitrogens is 3. The fourth-order valence-electron chi connectivity index (χ4n) is 3.04. The van der Waals surface area contributed by atoms with Gasteiger partial charge in [-0.25, -0.2) is 15.0 Å². The number of methoxy groups -OCH3 is 2. The van der Waals surface area contributed by atoms with Crippen molar-refractivity contribution in [1.82, 2.24) is 20.3 Å². The second kappa shape index (κ2) is 10.5. The maximum Gasteiger partial charge on any atom is 0.207 e. The van der Waals surface area contributed by atoms with Crippen molar-refractivity contribution < 1.29 is 14.3 Å². The van der Waals surface area contributed by atoms with Crippen molar-refractivity contribution in [2.24, 2.45) is 0 Å². The van der Waals surface area contributed by atoms with E-state index in [0.717, 1.165) is 24.8 Å². The smallest absolute Gasteiger partial charge is 0.207 e. The summed E-state index contributed by atoms with van der Waals surface area (Å²) in [5.41, 5.74) is 1.66. The number of hydrogen-bond acceptors (Lipinski definition) is 7. The van der Waals surface area contributed by atoms with Crippen molar-refractivity contribution >= 4 is 46.3 Å². The van der Waals surface area contributed by atoms with Crippen molar-refractivity contribution in [3.8, 4) is 22.8 Å². The van der Waals surface area contributed by atoms with Crippen LogP contribution in [0.4, 0.5) is 5.82 Å². The van der Waals surface area contributed by atoms with E-state index < -0.39 is 0 Å². The Kier molecular flexibility index (Phi) is 7.70. The lowest BCUT2D eigenvalue weighted by Crippen LogP contribution is -2.13. The van der Waals surface area contributed by atoms with Crippen molar-refractivity contribution in [3.63, 3.8) is 0 Å². The molecule has 0 fully saturated rings. The molecular formula is C21H23Cl2N5O3. The minimum Gasteiger partial charge on any atom is -0.495 e. The highest BCUT2D eigenvalue weighted by atomic mass is 35.5. The van der Waals surface area contributed by atoms with Crippen molar-refractivity contribution in [1.29, 1.82) is 0 Å². The molecule has 3 aromatic rings. The number of unbranched alkanes of at least 4 members (excludes halogenated alkanes) is 1. The molecule has 0 saturated heterocycles. The molecule has 0 atom stereocenters. The summed E-state index contributed by atoms with van der Waals surface area (Å²) in [4.78, 5) is 24.3. The van der Waals surface area contributed by atoms with E-state index in [1.165, 1.54) is 14.2 Å². The first-order valence-electron chi connectivity index (χ1n) is 9.71.